The van der Waals surface area contributed by atoms with E-state index in [0.717, 1.165) is 43.7 Å². The van der Waals surface area contributed by atoms with Crippen LogP contribution in [0, 0.1) is 0 Å². The molecule has 0 aliphatic heterocycles. The number of hydrogen-bond acceptors (Lipinski definition) is 2. The number of para-hydroxylation sites is 2. The summed E-state index contributed by atoms with van der Waals surface area (Å²) in [6.45, 7) is 9.42. The largest absolute Gasteiger partial charge is 0.495 e. The number of methoxy groups -OCH3 is 1. The second-order valence-corrected chi connectivity index (χ2v) is 7.40. The quantitative estimate of drug-likeness (QED) is 0.360. The van der Waals surface area contributed by atoms with Crippen LogP contribution in [0.25, 0.3) is 0 Å². The summed E-state index contributed by atoms with van der Waals surface area (Å²) >= 11 is 5.35. The van der Waals surface area contributed by atoms with Crippen molar-refractivity contribution in [3.63, 3.8) is 0 Å². The maximum absolute atomic E-state index is 5.35. The fraction of sp³-hybridized carbons (Fsp3) is 0.435. The van der Waals surface area contributed by atoms with E-state index in [2.05, 4.69) is 56.6 Å². The second-order valence-electron chi connectivity index (χ2n) is 7.00. The maximum Gasteiger partial charge on any atom is 0.171 e. The van der Waals surface area contributed by atoms with E-state index >= 15 is 0 Å². The van der Waals surface area contributed by atoms with Crippen LogP contribution in [0.4, 0.5) is 5.69 Å². The molecule has 0 saturated heterocycles. The van der Waals surface area contributed by atoms with Gasteiger partial charge in [-0.05, 0) is 77.7 Å². The average molecular weight is 387 g/mol. The molecule has 0 aliphatic rings. The van der Waals surface area contributed by atoms with Gasteiger partial charge in [0.05, 0.1) is 12.8 Å². The van der Waals surface area contributed by atoms with Crippen LogP contribution >= 0.6 is 12.2 Å². The molecule has 1 rings (SSSR count). The van der Waals surface area contributed by atoms with E-state index in [0.29, 0.717) is 5.11 Å². The van der Waals surface area contributed by atoms with E-state index in [1.165, 1.54) is 16.7 Å². The molecule has 148 valence electrons. The highest BCUT2D eigenvalue weighted by atomic mass is 32.1. The summed E-state index contributed by atoms with van der Waals surface area (Å²) in [5.74, 6) is 0.778. The Hall–Kier alpha value is -2.07. The Kier molecular flexibility index (Phi) is 11.2. The minimum absolute atomic E-state index is 0.596. The number of benzene rings is 1. The summed E-state index contributed by atoms with van der Waals surface area (Å²) in [5.41, 5.74) is 5.11. The number of ether oxygens (including phenoxy) is 1. The van der Waals surface area contributed by atoms with Gasteiger partial charge in [0.25, 0.3) is 0 Å². The van der Waals surface area contributed by atoms with Crippen LogP contribution in [-0.2, 0) is 0 Å². The SMILES string of the molecule is COc1ccccc1NC(=S)NC/C=C(\C)CC/C=C(\C)CCC=C(C)C. The van der Waals surface area contributed by atoms with Crippen molar-refractivity contribution in [1.82, 2.24) is 5.32 Å². The highest BCUT2D eigenvalue weighted by Gasteiger charge is 2.02. The van der Waals surface area contributed by atoms with E-state index in [4.69, 9.17) is 17.0 Å². The Bertz CT molecular complexity index is 685. The Morgan fingerprint density at radius 1 is 0.963 bits per heavy atom. The van der Waals surface area contributed by atoms with Crippen molar-refractivity contribution in [2.45, 2.75) is 53.4 Å². The Morgan fingerprint density at radius 3 is 2.26 bits per heavy atom. The molecule has 0 atom stereocenters. The lowest BCUT2D eigenvalue weighted by Crippen LogP contribution is -2.28. The molecule has 0 fully saturated rings. The minimum atomic E-state index is 0.596. The predicted molar refractivity (Wildman–Crippen MR) is 123 cm³/mol. The third-order valence-corrected chi connectivity index (χ3v) is 4.44. The van der Waals surface area contributed by atoms with E-state index < -0.39 is 0 Å². The molecule has 0 amide bonds. The number of nitrogens with one attached hydrogen (secondary N) is 2. The fourth-order valence-electron chi connectivity index (χ4n) is 2.57. The first-order valence-corrected chi connectivity index (χ1v) is 9.95. The fourth-order valence-corrected chi connectivity index (χ4v) is 2.76. The summed E-state index contributed by atoms with van der Waals surface area (Å²) in [6.07, 6.45) is 11.3. The molecule has 0 bridgehead atoms. The average Bonchev–Trinajstić information content (AvgIpc) is 2.61. The molecule has 1 aromatic rings. The molecule has 0 aliphatic carbocycles. The smallest absolute Gasteiger partial charge is 0.171 e. The maximum atomic E-state index is 5.35. The molecule has 2 N–H and O–H groups in total. The Balaban J connectivity index is 2.31. The molecule has 0 heterocycles. The summed E-state index contributed by atoms with van der Waals surface area (Å²) < 4.78 is 5.32. The lowest BCUT2D eigenvalue weighted by molar-refractivity contribution is 0.417. The summed E-state index contributed by atoms with van der Waals surface area (Å²) in [6, 6.07) is 7.74. The first-order chi connectivity index (χ1) is 12.9. The third-order valence-electron chi connectivity index (χ3n) is 4.19. The van der Waals surface area contributed by atoms with Gasteiger partial charge < -0.3 is 15.4 Å². The van der Waals surface area contributed by atoms with Gasteiger partial charge in [-0.3, -0.25) is 0 Å². The molecular formula is C23H34N2OS. The first kappa shape index (κ1) is 23.0. The Morgan fingerprint density at radius 2 is 1.59 bits per heavy atom. The first-order valence-electron chi connectivity index (χ1n) is 9.55. The summed E-state index contributed by atoms with van der Waals surface area (Å²) in [7, 11) is 1.65. The standard InChI is InChI=1S/C23H34N2OS/c1-18(2)10-8-11-19(3)12-9-13-20(4)16-17-24-23(27)25-21-14-6-7-15-22(21)26-5/h6-7,10,12,14-16H,8-9,11,13,17H2,1-5H3,(H2,24,25,27)/b19-12+,20-16+. The van der Waals surface area contributed by atoms with E-state index in [9.17, 15) is 0 Å². The number of rotatable bonds is 10. The van der Waals surface area contributed by atoms with Crippen LogP contribution in [0.3, 0.4) is 0 Å². The van der Waals surface area contributed by atoms with Gasteiger partial charge in [-0.1, -0.05) is 47.1 Å². The Labute approximate surface area is 170 Å². The highest BCUT2D eigenvalue weighted by Crippen LogP contribution is 2.22. The van der Waals surface area contributed by atoms with Crippen molar-refractivity contribution in [2.24, 2.45) is 0 Å². The molecule has 0 spiro atoms. The molecule has 0 unspecified atom stereocenters. The number of allylic oxidation sites excluding steroid dienone is 5. The number of anilines is 1. The topological polar surface area (TPSA) is 33.3 Å². The van der Waals surface area contributed by atoms with Crippen LogP contribution in [0.5, 0.6) is 5.75 Å². The van der Waals surface area contributed by atoms with Gasteiger partial charge in [0.2, 0.25) is 0 Å². The van der Waals surface area contributed by atoms with Gasteiger partial charge in [-0.2, -0.15) is 0 Å². The highest BCUT2D eigenvalue weighted by molar-refractivity contribution is 7.80. The molecule has 4 heteroatoms. The van der Waals surface area contributed by atoms with Gasteiger partial charge in [0.1, 0.15) is 5.75 Å². The molecule has 0 radical (unpaired) electrons. The monoisotopic (exact) mass is 386 g/mol. The van der Waals surface area contributed by atoms with Crippen molar-refractivity contribution in [1.29, 1.82) is 0 Å². The summed E-state index contributed by atoms with van der Waals surface area (Å²) in [4.78, 5) is 0. The van der Waals surface area contributed by atoms with E-state index in [-0.39, 0.29) is 0 Å². The van der Waals surface area contributed by atoms with Crippen molar-refractivity contribution in [2.75, 3.05) is 19.0 Å². The zero-order valence-corrected chi connectivity index (χ0v) is 18.2. The lowest BCUT2D eigenvalue weighted by atomic mass is 10.1. The lowest BCUT2D eigenvalue weighted by Gasteiger charge is -2.12. The van der Waals surface area contributed by atoms with Crippen LogP contribution in [0.1, 0.15) is 53.4 Å². The molecule has 0 saturated carbocycles. The molecular weight excluding hydrogens is 352 g/mol. The minimum Gasteiger partial charge on any atom is -0.495 e. The predicted octanol–water partition coefficient (Wildman–Crippen LogP) is 6.40. The van der Waals surface area contributed by atoms with E-state index in [1.54, 1.807) is 7.11 Å². The van der Waals surface area contributed by atoms with Gasteiger partial charge in [0, 0.05) is 6.54 Å². The van der Waals surface area contributed by atoms with Crippen molar-refractivity contribution < 1.29 is 4.74 Å². The van der Waals surface area contributed by atoms with Crippen molar-refractivity contribution in [3.8, 4) is 5.75 Å². The molecule has 27 heavy (non-hydrogen) atoms. The number of thiocarbonyl (C=S) groups is 1. The third kappa shape index (κ3) is 10.6. The molecule has 1 aromatic carbocycles. The van der Waals surface area contributed by atoms with Crippen LogP contribution in [-0.4, -0.2) is 18.8 Å². The normalized spacial score (nSPS) is 11.7. The van der Waals surface area contributed by atoms with E-state index in [1.807, 2.05) is 24.3 Å². The zero-order valence-electron chi connectivity index (χ0n) is 17.4. The van der Waals surface area contributed by atoms with Crippen LogP contribution in [0.15, 0.2) is 59.2 Å². The van der Waals surface area contributed by atoms with Gasteiger partial charge >= 0.3 is 0 Å². The van der Waals surface area contributed by atoms with Crippen LogP contribution in [0.2, 0.25) is 0 Å². The van der Waals surface area contributed by atoms with Gasteiger partial charge in [0.15, 0.2) is 5.11 Å². The molecule has 3 nitrogen and oxygen atoms in total. The van der Waals surface area contributed by atoms with Crippen molar-refractivity contribution >= 4 is 23.0 Å². The number of hydrogen-bond donors (Lipinski definition) is 2. The second kappa shape index (κ2) is 13.2. The van der Waals surface area contributed by atoms with Gasteiger partial charge in [-0.25, -0.2) is 0 Å². The zero-order chi connectivity index (χ0) is 20.1. The summed E-state index contributed by atoms with van der Waals surface area (Å²) in [5, 5.41) is 6.99. The van der Waals surface area contributed by atoms with Crippen molar-refractivity contribution in [3.05, 3.63) is 59.2 Å². The van der Waals surface area contributed by atoms with Gasteiger partial charge in [-0.15, -0.1) is 0 Å². The van der Waals surface area contributed by atoms with Crippen LogP contribution < -0.4 is 15.4 Å². The molecule has 0 aromatic heterocycles.